The molecule has 0 spiro atoms. The molecule has 0 saturated heterocycles. The van der Waals surface area contributed by atoms with Crippen molar-refractivity contribution in [1.29, 1.82) is 0 Å². The van der Waals surface area contributed by atoms with Crippen molar-refractivity contribution >= 4 is 23.2 Å². The van der Waals surface area contributed by atoms with Crippen molar-refractivity contribution in [3.05, 3.63) is 16.1 Å². The largest absolute Gasteiger partial charge is 0.355 e. The van der Waals surface area contributed by atoms with Gasteiger partial charge in [-0.3, -0.25) is 19.9 Å². The SMILES string of the molecule is CCNC(=O)CN(CC)Cc1csc(C(=O)NN)n1. The van der Waals surface area contributed by atoms with Crippen LogP contribution in [0.25, 0.3) is 0 Å². The summed E-state index contributed by atoms with van der Waals surface area (Å²) in [5.74, 6) is 4.63. The minimum Gasteiger partial charge on any atom is -0.355 e. The van der Waals surface area contributed by atoms with Crippen LogP contribution in [-0.4, -0.2) is 41.3 Å². The molecule has 0 aliphatic rings. The van der Waals surface area contributed by atoms with E-state index in [0.29, 0.717) is 24.6 Å². The number of hydrazine groups is 1. The first-order valence-corrected chi connectivity index (χ1v) is 6.93. The maximum absolute atomic E-state index is 11.5. The van der Waals surface area contributed by atoms with Crippen molar-refractivity contribution in [2.24, 2.45) is 5.84 Å². The van der Waals surface area contributed by atoms with Gasteiger partial charge in [-0.15, -0.1) is 11.3 Å². The van der Waals surface area contributed by atoms with Gasteiger partial charge in [-0.25, -0.2) is 10.8 Å². The molecule has 0 fully saturated rings. The quantitative estimate of drug-likeness (QED) is 0.363. The van der Waals surface area contributed by atoms with Gasteiger partial charge in [0.1, 0.15) is 0 Å². The van der Waals surface area contributed by atoms with Crippen molar-refractivity contribution in [2.75, 3.05) is 19.6 Å². The summed E-state index contributed by atoms with van der Waals surface area (Å²) in [6.45, 7) is 6.05. The Morgan fingerprint density at radius 1 is 1.47 bits per heavy atom. The van der Waals surface area contributed by atoms with E-state index in [1.165, 1.54) is 11.3 Å². The van der Waals surface area contributed by atoms with E-state index >= 15 is 0 Å². The van der Waals surface area contributed by atoms with E-state index in [1.807, 2.05) is 24.2 Å². The number of nitrogens with zero attached hydrogens (tertiary/aromatic N) is 2. The summed E-state index contributed by atoms with van der Waals surface area (Å²) in [6, 6.07) is 0. The van der Waals surface area contributed by atoms with E-state index in [-0.39, 0.29) is 5.91 Å². The average molecular weight is 285 g/mol. The molecule has 0 atom stereocenters. The molecule has 19 heavy (non-hydrogen) atoms. The van der Waals surface area contributed by atoms with Crippen LogP contribution in [0.2, 0.25) is 0 Å². The molecule has 1 aromatic heterocycles. The molecule has 8 heteroatoms. The fourth-order valence-electron chi connectivity index (χ4n) is 1.51. The lowest BCUT2D eigenvalue weighted by Gasteiger charge is -2.18. The number of amides is 2. The van der Waals surface area contributed by atoms with Gasteiger partial charge >= 0.3 is 0 Å². The maximum atomic E-state index is 11.5. The molecule has 0 radical (unpaired) electrons. The third-order valence-corrected chi connectivity index (χ3v) is 3.34. The molecule has 0 aromatic carbocycles. The Morgan fingerprint density at radius 3 is 2.79 bits per heavy atom. The Hall–Kier alpha value is -1.51. The summed E-state index contributed by atoms with van der Waals surface area (Å²) in [7, 11) is 0. The molecule has 1 heterocycles. The molecule has 0 bridgehead atoms. The standard InChI is InChI=1S/C11H19N5O2S/c1-3-13-9(17)6-16(4-2)5-8-7-19-11(14-8)10(18)15-12/h7H,3-6,12H2,1-2H3,(H,13,17)(H,15,18). The minimum atomic E-state index is -0.400. The molecular weight excluding hydrogens is 266 g/mol. The normalized spacial score (nSPS) is 10.5. The van der Waals surface area contributed by atoms with Crippen molar-refractivity contribution in [3.8, 4) is 0 Å². The highest BCUT2D eigenvalue weighted by Gasteiger charge is 2.13. The average Bonchev–Trinajstić information content (AvgIpc) is 2.85. The highest BCUT2D eigenvalue weighted by Crippen LogP contribution is 2.11. The van der Waals surface area contributed by atoms with Crippen molar-refractivity contribution in [3.63, 3.8) is 0 Å². The number of hydrogen-bond donors (Lipinski definition) is 3. The molecule has 106 valence electrons. The van der Waals surface area contributed by atoms with Crippen LogP contribution >= 0.6 is 11.3 Å². The Morgan fingerprint density at radius 2 is 2.21 bits per heavy atom. The van der Waals surface area contributed by atoms with E-state index in [1.54, 1.807) is 5.38 Å². The van der Waals surface area contributed by atoms with Crippen LogP contribution in [0.5, 0.6) is 0 Å². The van der Waals surface area contributed by atoms with Crippen LogP contribution in [0.15, 0.2) is 5.38 Å². The lowest BCUT2D eigenvalue weighted by Crippen LogP contribution is -2.36. The number of hydrogen-bond acceptors (Lipinski definition) is 6. The predicted molar refractivity (Wildman–Crippen MR) is 73.4 cm³/mol. The van der Waals surface area contributed by atoms with Crippen LogP contribution in [0, 0.1) is 0 Å². The molecule has 0 unspecified atom stereocenters. The first-order chi connectivity index (χ1) is 9.10. The Balaban J connectivity index is 2.58. The molecule has 4 N–H and O–H groups in total. The molecule has 1 rings (SSSR count). The number of nitrogens with two attached hydrogens (primary N) is 1. The molecular formula is C11H19N5O2S. The summed E-state index contributed by atoms with van der Waals surface area (Å²) in [5, 5.41) is 4.87. The Labute approximate surface area is 116 Å². The highest BCUT2D eigenvalue weighted by atomic mass is 32.1. The first kappa shape index (κ1) is 15.5. The fourth-order valence-corrected chi connectivity index (χ4v) is 2.22. The van der Waals surface area contributed by atoms with Crippen molar-refractivity contribution in [2.45, 2.75) is 20.4 Å². The van der Waals surface area contributed by atoms with E-state index in [4.69, 9.17) is 5.84 Å². The van der Waals surface area contributed by atoms with Crippen LogP contribution < -0.4 is 16.6 Å². The van der Waals surface area contributed by atoms with Gasteiger partial charge in [0, 0.05) is 18.5 Å². The Bertz CT molecular complexity index is 434. The van der Waals surface area contributed by atoms with Gasteiger partial charge in [-0.1, -0.05) is 6.92 Å². The molecule has 1 aromatic rings. The summed E-state index contributed by atoms with van der Waals surface area (Å²) in [6.07, 6.45) is 0. The monoisotopic (exact) mass is 285 g/mol. The van der Waals surface area contributed by atoms with Gasteiger partial charge in [-0.05, 0) is 13.5 Å². The third-order valence-electron chi connectivity index (χ3n) is 2.45. The predicted octanol–water partition coefficient (Wildman–Crippen LogP) is -0.295. The van der Waals surface area contributed by atoms with Gasteiger partial charge in [-0.2, -0.15) is 0 Å². The van der Waals surface area contributed by atoms with Crippen LogP contribution in [-0.2, 0) is 11.3 Å². The summed E-state index contributed by atoms with van der Waals surface area (Å²) < 4.78 is 0. The molecule has 2 amide bonds. The van der Waals surface area contributed by atoms with Crippen LogP contribution in [0.3, 0.4) is 0 Å². The fraction of sp³-hybridized carbons (Fsp3) is 0.545. The third kappa shape index (κ3) is 4.93. The van der Waals surface area contributed by atoms with Gasteiger partial charge in [0.2, 0.25) is 5.91 Å². The van der Waals surface area contributed by atoms with Crippen LogP contribution in [0.1, 0.15) is 29.3 Å². The number of carbonyl (C=O) groups excluding carboxylic acids is 2. The number of nitrogens with one attached hydrogen (secondary N) is 2. The lowest BCUT2D eigenvalue weighted by atomic mass is 10.4. The highest BCUT2D eigenvalue weighted by molar-refractivity contribution is 7.11. The zero-order valence-electron chi connectivity index (χ0n) is 11.1. The van der Waals surface area contributed by atoms with E-state index < -0.39 is 5.91 Å². The number of nitrogen functional groups attached to an aromatic ring is 1. The summed E-state index contributed by atoms with van der Waals surface area (Å²) >= 11 is 1.23. The number of carbonyl (C=O) groups is 2. The number of likely N-dealkylation sites (N-methyl/N-ethyl adjacent to an activating group) is 2. The smallest absolute Gasteiger partial charge is 0.294 e. The van der Waals surface area contributed by atoms with Gasteiger partial charge in [0.15, 0.2) is 5.01 Å². The molecule has 0 saturated carbocycles. The number of aromatic nitrogens is 1. The van der Waals surface area contributed by atoms with E-state index in [9.17, 15) is 9.59 Å². The van der Waals surface area contributed by atoms with Crippen molar-refractivity contribution < 1.29 is 9.59 Å². The van der Waals surface area contributed by atoms with Gasteiger partial charge in [0.25, 0.3) is 5.91 Å². The second-order valence-corrected chi connectivity index (χ2v) is 4.73. The minimum absolute atomic E-state index is 0.0143. The number of rotatable bonds is 7. The maximum Gasteiger partial charge on any atom is 0.294 e. The summed E-state index contributed by atoms with van der Waals surface area (Å²) in [5.41, 5.74) is 2.80. The lowest BCUT2D eigenvalue weighted by molar-refractivity contribution is -0.122. The zero-order chi connectivity index (χ0) is 14.3. The molecule has 7 nitrogen and oxygen atoms in total. The number of thiazole rings is 1. The van der Waals surface area contributed by atoms with Gasteiger partial charge < -0.3 is 5.32 Å². The van der Waals surface area contributed by atoms with E-state index in [2.05, 4.69) is 10.3 Å². The first-order valence-electron chi connectivity index (χ1n) is 6.05. The van der Waals surface area contributed by atoms with Crippen molar-refractivity contribution in [1.82, 2.24) is 20.6 Å². The molecule has 0 aliphatic heterocycles. The zero-order valence-corrected chi connectivity index (χ0v) is 11.9. The van der Waals surface area contributed by atoms with Crippen LogP contribution in [0.4, 0.5) is 0 Å². The van der Waals surface area contributed by atoms with Gasteiger partial charge in [0.05, 0.1) is 12.2 Å². The topological polar surface area (TPSA) is 100 Å². The molecule has 0 aliphatic carbocycles. The van der Waals surface area contributed by atoms with E-state index in [0.717, 1.165) is 12.2 Å². The Kier molecular flexibility index (Phi) is 6.40. The summed E-state index contributed by atoms with van der Waals surface area (Å²) in [4.78, 5) is 28.9. The second-order valence-electron chi connectivity index (χ2n) is 3.87. The second kappa shape index (κ2) is 7.82.